The Morgan fingerprint density at radius 2 is 1.65 bits per heavy atom. The Bertz CT molecular complexity index is 881. The number of ether oxygens (including phenoxy) is 1. The average molecular weight is 422 g/mol. The fourth-order valence-electron chi connectivity index (χ4n) is 4.83. The van der Waals surface area contributed by atoms with Gasteiger partial charge in [-0.2, -0.15) is 0 Å². The minimum Gasteiger partial charge on any atom is -0.381 e. The van der Waals surface area contributed by atoms with Gasteiger partial charge >= 0.3 is 0 Å². The van der Waals surface area contributed by atoms with Crippen LogP contribution in [0.4, 0.5) is 0 Å². The highest BCUT2D eigenvalue weighted by Crippen LogP contribution is 2.37. The van der Waals surface area contributed by atoms with Crippen LogP contribution in [0.15, 0.2) is 60.7 Å². The SMILES string of the molecule is CNC(=O)C1CN(C(=O)C2(c3ccccc3)CCOCC2)CCN1Cc1ccccc1. The van der Waals surface area contributed by atoms with Crippen LogP contribution in [0.5, 0.6) is 0 Å². The van der Waals surface area contributed by atoms with E-state index in [0.717, 1.165) is 5.56 Å². The molecule has 6 heteroatoms. The number of likely N-dealkylation sites (N-methyl/N-ethyl adjacent to an activating group) is 1. The second-order valence-electron chi connectivity index (χ2n) is 8.40. The van der Waals surface area contributed by atoms with E-state index in [4.69, 9.17) is 4.74 Å². The van der Waals surface area contributed by atoms with Gasteiger partial charge in [0.1, 0.15) is 6.04 Å². The van der Waals surface area contributed by atoms with Crippen molar-refractivity contribution in [1.82, 2.24) is 15.1 Å². The molecule has 2 amide bonds. The maximum Gasteiger partial charge on any atom is 0.238 e. The molecule has 0 aliphatic carbocycles. The average Bonchev–Trinajstić information content (AvgIpc) is 2.85. The van der Waals surface area contributed by atoms with Crippen LogP contribution in [-0.4, -0.2) is 67.6 Å². The number of hydrogen-bond donors (Lipinski definition) is 1. The molecule has 6 nitrogen and oxygen atoms in total. The summed E-state index contributed by atoms with van der Waals surface area (Å²) in [4.78, 5) is 30.7. The zero-order valence-electron chi connectivity index (χ0n) is 18.1. The molecule has 0 radical (unpaired) electrons. The fraction of sp³-hybridized carbons (Fsp3) is 0.440. The highest BCUT2D eigenvalue weighted by molar-refractivity contribution is 5.90. The molecule has 2 saturated heterocycles. The van der Waals surface area contributed by atoms with Gasteiger partial charge in [0.25, 0.3) is 0 Å². The summed E-state index contributed by atoms with van der Waals surface area (Å²) in [5.41, 5.74) is 1.64. The Morgan fingerprint density at radius 1 is 1.00 bits per heavy atom. The molecule has 2 fully saturated rings. The van der Waals surface area contributed by atoms with E-state index in [1.54, 1.807) is 7.05 Å². The van der Waals surface area contributed by atoms with Crippen LogP contribution in [0, 0.1) is 0 Å². The van der Waals surface area contributed by atoms with Crippen LogP contribution >= 0.6 is 0 Å². The summed E-state index contributed by atoms with van der Waals surface area (Å²) < 4.78 is 5.60. The molecule has 2 heterocycles. The first-order chi connectivity index (χ1) is 15.1. The number of nitrogens with zero attached hydrogens (tertiary/aromatic N) is 2. The van der Waals surface area contributed by atoms with Gasteiger partial charge in [-0.15, -0.1) is 0 Å². The molecule has 2 aliphatic rings. The number of hydrogen-bond acceptors (Lipinski definition) is 4. The normalized spacial score (nSPS) is 21.5. The Morgan fingerprint density at radius 3 is 2.29 bits per heavy atom. The lowest BCUT2D eigenvalue weighted by Gasteiger charge is -2.45. The molecule has 0 spiro atoms. The van der Waals surface area contributed by atoms with E-state index in [1.165, 1.54) is 5.56 Å². The van der Waals surface area contributed by atoms with Gasteiger partial charge in [-0.1, -0.05) is 60.7 Å². The topological polar surface area (TPSA) is 61.9 Å². The maximum absolute atomic E-state index is 13.9. The Kier molecular flexibility index (Phi) is 6.68. The predicted octanol–water partition coefficient (Wildman–Crippen LogP) is 2.19. The van der Waals surface area contributed by atoms with Gasteiger partial charge in [0, 0.05) is 46.4 Å². The molecule has 2 aromatic rings. The first kappa shape index (κ1) is 21.5. The first-order valence-electron chi connectivity index (χ1n) is 11.1. The molecule has 4 rings (SSSR count). The van der Waals surface area contributed by atoms with Crippen molar-refractivity contribution in [2.45, 2.75) is 30.8 Å². The standard InChI is InChI=1S/C25H31N3O3/c1-26-23(29)22-19-28(15-14-27(22)18-20-8-4-2-5-9-20)24(30)25(12-16-31-17-13-25)21-10-6-3-7-11-21/h2-11,22H,12-19H2,1H3,(H,26,29). The van der Waals surface area contributed by atoms with Crippen molar-refractivity contribution in [2.75, 3.05) is 39.9 Å². The number of rotatable bonds is 5. The quantitative estimate of drug-likeness (QED) is 0.804. The van der Waals surface area contributed by atoms with Gasteiger partial charge in [0.05, 0.1) is 5.41 Å². The zero-order chi connectivity index (χ0) is 21.7. The van der Waals surface area contributed by atoms with Gasteiger partial charge < -0.3 is 15.0 Å². The van der Waals surface area contributed by atoms with Crippen LogP contribution in [0.2, 0.25) is 0 Å². The number of amides is 2. The van der Waals surface area contributed by atoms with Gasteiger partial charge in [0.15, 0.2) is 0 Å². The van der Waals surface area contributed by atoms with E-state index in [9.17, 15) is 9.59 Å². The summed E-state index contributed by atoms with van der Waals surface area (Å²) in [5.74, 6) is 0.0735. The summed E-state index contributed by atoms with van der Waals surface area (Å²) >= 11 is 0. The molecule has 0 bridgehead atoms. The van der Waals surface area contributed by atoms with E-state index in [0.29, 0.717) is 52.2 Å². The summed E-state index contributed by atoms with van der Waals surface area (Å²) in [5, 5.41) is 2.79. The molecular weight excluding hydrogens is 390 g/mol. The second kappa shape index (κ2) is 9.62. The van der Waals surface area contributed by atoms with Crippen molar-refractivity contribution >= 4 is 11.8 Å². The molecule has 2 aliphatic heterocycles. The molecule has 164 valence electrons. The summed E-state index contributed by atoms with van der Waals surface area (Å²) in [6.07, 6.45) is 1.34. The molecule has 31 heavy (non-hydrogen) atoms. The highest BCUT2D eigenvalue weighted by Gasteiger charge is 2.46. The molecule has 2 aromatic carbocycles. The first-order valence-corrected chi connectivity index (χ1v) is 11.1. The Labute approximate surface area is 184 Å². The van der Waals surface area contributed by atoms with E-state index in [2.05, 4.69) is 22.3 Å². The van der Waals surface area contributed by atoms with Crippen molar-refractivity contribution in [3.8, 4) is 0 Å². The summed E-state index contributed by atoms with van der Waals surface area (Å²) in [7, 11) is 1.66. The van der Waals surface area contributed by atoms with Crippen LogP contribution in [0.1, 0.15) is 24.0 Å². The second-order valence-corrected chi connectivity index (χ2v) is 8.40. The van der Waals surface area contributed by atoms with E-state index >= 15 is 0 Å². The number of benzene rings is 2. The maximum atomic E-state index is 13.9. The lowest BCUT2D eigenvalue weighted by molar-refractivity contribution is -0.146. The van der Waals surface area contributed by atoms with Gasteiger partial charge in [-0.25, -0.2) is 0 Å². The van der Waals surface area contributed by atoms with Crippen LogP contribution in [0.25, 0.3) is 0 Å². The lowest BCUT2D eigenvalue weighted by atomic mass is 9.72. The third-order valence-electron chi connectivity index (χ3n) is 6.64. The predicted molar refractivity (Wildman–Crippen MR) is 119 cm³/mol. The van der Waals surface area contributed by atoms with Crippen molar-refractivity contribution in [3.63, 3.8) is 0 Å². The van der Waals surface area contributed by atoms with Crippen molar-refractivity contribution in [3.05, 3.63) is 71.8 Å². The summed E-state index contributed by atoms with van der Waals surface area (Å²) in [6.45, 7) is 3.54. The third-order valence-corrected chi connectivity index (χ3v) is 6.64. The number of piperazine rings is 1. The van der Waals surface area contributed by atoms with Crippen molar-refractivity contribution < 1.29 is 14.3 Å². The number of carbonyl (C=O) groups excluding carboxylic acids is 2. The molecule has 1 N–H and O–H groups in total. The van der Waals surface area contributed by atoms with E-state index < -0.39 is 5.41 Å². The van der Waals surface area contributed by atoms with Gasteiger partial charge in [0.2, 0.25) is 11.8 Å². The third kappa shape index (κ3) is 4.50. The number of nitrogens with one attached hydrogen (secondary N) is 1. The largest absolute Gasteiger partial charge is 0.381 e. The van der Waals surface area contributed by atoms with Crippen LogP contribution in [0.3, 0.4) is 0 Å². The molecule has 1 atom stereocenters. The van der Waals surface area contributed by atoms with Crippen molar-refractivity contribution in [1.29, 1.82) is 0 Å². The zero-order valence-corrected chi connectivity index (χ0v) is 18.1. The minimum atomic E-state index is -0.575. The molecule has 0 saturated carbocycles. The molecule has 1 unspecified atom stereocenters. The highest BCUT2D eigenvalue weighted by atomic mass is 16.5. The number of carbonyl (C=O) groups is 2. The van der Waals surface area contributed by atoms with Crippen LogP contribution in [-0.2, 0) is 26.3 Å². The lowest BCUT2D eigenvalue weighted by Crippen LogP contribution is -2.62. The molecular formula is C25H31N3O3. The van der Waals surface area contributed by atoms with Gasteiger partial charge in [-0.3, -0.25) is 14.5 Å². The monoisotopic (exact) mass is 421 g/mol. The summed E-state index contributed by atoms with van der Waals surface area (Å²) in [6, 6.07) is 19.9. The smallest absolute Gasteiger partial charge is 0.238 e. The van der Waals surface area contributed by atoms with E-state index in [-0.39, 0.29) is 17.9 Å². The Hall–Kier alpha value is -2.70. The minimum absolute atomic E-state index is 0.0471. The van der Waals surface area contributed by atoms with E-state index in [1.807, 2.05) is 53.4 Å². The Balaban J connectivity index is 1.56. The van der Waals surface area contributed by atoms with Crippen molar-refractivity contribution in [2.24, 2.45) is 0 Å². The molecule has 0 aromatic heterocycles. The fourth-order valence-corrected chi connectivity index (χ4v) is 4.83. The van der Waals surface area contributed by atoms with Gasteiger partial charge in [-0.05, 0) is 24.0 Å². The van der Waals surface area contributed by atoms with Crippen LogP contribution < -0.4 is 5.32 Å².